The van der Waals surface area contributed by atoms with Crippen molar-refractivity contribution in [1.82, 2.24) is 15.3 Å². The molecule has 1 saturated heterocycles. The Bertz CT molecular complexity index is 402. The summed E-state index contributed by atoms with van der Waals surface area (Å²) in [5, 5.41) is 3.44. The molecule has 0 radical (unpaired) electrons. The van der Waals surface area contributed by atoms with E-state index in [1.54, 1.807) is 6.33 Å². The van der Waals surface area contributed by atoms with Gasteiger partial charge in [-0.25, -0.2) is 9.97 Å². The summed E-state index contributed by atoms with van der Waals surface area (Å²) < 4.78 is 5.87. The van der Waals surface area contributed by atoms with Crippen molar-refractivity contribution >= 4 is 0 Å². The highest BCUT2D eigenvalue weighted by Gasteiger charge is 2.18. The summed E-state index contributed by atoms with van der Waals surface area (Å²) in [6, 6.07) is 0. The number of nitrogens with zero attached hydrogens (tertiary/aromatic N) is 2. The van der Waals surface area contributed by atoms with Gasteiger partial charge in [0.1, 0.15) is 6.33 Å². The van der Waals surface area contributed by atoms with Gasteiger partial charge in [0.15, 0.2) is 0 Å². The first kappa shape index (κ1) is 11.9. The maximum Gasteiger partial charge on any atom is 0.219 e. The van der Waals surface area contributed by atoms with Gasteiger partial charge >= 0.3 is 0 Å². The lowest BCUT2D eigenvalue weighted by molar-refractivity contribution is 0.245. The van der Waals surface area contributed by atoms with Gasteiger partial charge in [0, 0.05) is 5.56 Å². The van der Waals surface area contributed by atoms with Gasteiger partial charge in [-0.1, -0.05) is 0 Å². The van der Waals surface area contributed by atoms with Gasteiger partial charge in [0.2, 0.25) is 5.88 Å². The van der Waals surface area contributed by atoms with E-state index in [9.17, 15) is 0 Å². The molecule has 4 heteroatoms. The summed E-state index contributed by atoms with van der Waals surface area (Å²) in [5.74, 6) is 1.61. The molecule has 4 nitrogen and oxygen atoms in total. The SMILES string of the molecule is c1nc2c(c(OCCC3CCCNC3)n1)CCC2. The number of aryl methyl sites for hydroxylation is 1. The third-order valence-corrected chi connectivity index (χ3v) is 4.00. The molecule has 1 atom stereocenters. The second kappa shape index (κ2) is 5.65. The van der Waals surface area contributed by atoms with Gasteiger partial charge in [-0.3, -0.25) is 0 Å². The summed E-state index contributed by atoms with van der Waals surface area (Å²) in [6.07, 6.45) is 8.76. The maximum absolute atomic E-state index is 5.87. The molecular weight excluding hydrogens is 226 g/mol. The zero-order chi connectivity index (χ0) is 12.2. The quantitative estimate of drug-likeness (QED) is 0.880. The van der Waals surface area contributed by atoms with E-state index in [2.05, 4.69) is 15.3 Å². The summed E-state index contributed by atoms with van der Waals surface area (Å²) in [4.78, 5) is 8.60. The van der Waals surface area contributed by atoms with E-state index < -0.39 is 0 Å². The summed E-state index contributed by atoms with van der Waals surface area (Å²) in [5.41, 5.74) is 2.44. The summed E-state index contributed by atoms with van der Waals surface area (Å²) in [7, 11) is 0. The average molecular weight is 247 g/mol. The molecule has 0 bridgehead atoms. The molecule has 0 amide bonds. The lowest BCUT2D eigenvalue weighted by Gasteiger charge is -2.22. The molecule has 1 aromatic rings. The summed E-state index contributed by atoms with van der Waals surface area (Å²) >= 11 is 0. The molecule has 1 aliphatic carbocycles. The number of hydrogen-bond donors (Lipinski definition) is 1. The van der Waals surface area contributed by atoms with E-state index in [0.29, 0.717) is 0 Å². The maximum atomic E-state index is 5.87. The highest BCUT2D eigenvalue weighted by atomic mass is 16.5. The first-order valence-corrected chi connectivity index (χ1v) is 7.10. The Morgan fingerprint density at radius 3 is 3.17 bits per heavy atom. The monoisotopic (exact) mass is 247 g/mol. The van der Waals surface area contributed by atoms with Crippen molar-refractivity contribution < 1.29 is 4.74 Å². The van der Waals surface area contributed by atoms with Gasteiger partial charge < -0.3 is 10.1 Å². The van der Waals surface area contributed by atoms with Crippen LogP contribution in [0.3, 0.4) is 0 Å². The Morgan fingerprint density at radius 2 is 2.28 bits per heavy atom. The van der Waals surface area contributed by atoms with Crippen LogP contribution in [0.2, 0.25) is 0 Å². The van der Waals surface area contributed by atoms with E-state index in [4.69, 9.17) is 4.74 Å². The molecule has 1 aliphatic heterocycles. The number of rotatable bonds is 4. The Labute approximate surface area is 108 Å². The van der Waals surface area contributed by atoms with Crippen LogP contribution in [0, 0.1) is 5.92 Å². The van der Waals surface area contributed by atoms with Crippen LogP contribution in [0.5, 0.6) is 5.88 Å². The fourth-order valence-corrected chi connectivity index (χ4v) is 2.95. The van der Waals surface area contributed by atoms with E-state index >= 15 is 0 Å². The zero-order valence-electron chi connectivity index (χ0n) is 10.8. The third kappa shape index (κ3) is 2.64. The van der Waals surface area contributed by atoms with E-state index in [1.807, 2.05) is 0 Å². The molecule has 3 rings (SSSR count). The lowest BCUT2D eigenvalue weighted by atomic mass is 9.97. The van der Waals surface area contributed by atoms with Crippen molar-refractivity contribution in [3.8, 4) is 5.88 Å². The second-order valence-electron chi connectivity index (χ2n) is 5.31. The predicted octanol–water partition coefficient (Wildman–Crippen LogP) is 1.73. The number of ether oxygens (including phenoxy) is 1. The number of nitrogens with one attached hydrogen (secondary N) is 1. The fourth-order valence-electron chi connectivity index (χ4n) is 2.95. The topological polar surface area (TPSA) is 47.0 Å². The van der Waals surface area contributed by atoms with Crippen LogP contribution >= 0.6 is 0 Å². The van der Waals surface area contributed by atoms with Crippen molar-refractivity contribution in [1.29, 1.82) is 0 Å². The van der Waals surface area contributed by atoms with Crippen LogP contribution in [0.15, 0.2) is 6.33 Å². The molecule has 98 valence electrons. The van der Waals surface area contributed by atoms with Crippen molar-refractivity contribution in [2.45, 2.75) is 38.5 Å². The smallest absolute Gasteiger partial charge is 0.219 e. The average Bonchev–Trinajstić information content (AvgIpc) is 2.89. The predicted molar refractivity (Wildman–Crippen MR) is 69.8 cm³/mol. The molecule has 1 fully saturated rings. The molecule has 0 saturated carbocycles. The largest absolute Gasteiger partial charge is 0.477 e. The van der Waals surface area contributed by atoms with Crippen LogP contribution in [0.4, 0.5) is 0 Å². The van der Waals surface area contributed by atoms with Crippen LogP contribution in [-0.4, -0.2) is 29.7 Å². The highest BCUT2D eigenvalue weighted by molar-refractivity contribution is 5.33. The van der Waals surface area contributed by atoms with Crippen LogP contribution in [-0.2, 0) is 12.8 Å². The Hall–Kier alpha value is -1.16. The molecule has 1 aromatic heterocycles. The third-order valence-electron chi connectivity index (χ3n) is 4.00. The van der Waals surface area contributed by atoms with Crippen molar-refractivity contribution in [2.24, 2.45) is 5.92 Å². The van der Waals surface area contributed by atoms with Gasteiger partial charge in [-0.15, -0.1) is 0 Å². The van der Waals surface area contributed by atoms with Gasteiger partial charge in [0.05, 0.1) is 12.3 Å². The molecular formula is C14H21N3O. The van der Waals surface area contributed by atoms with E-state index in [1.165, 1.54) is 37.1 Å². The zero-order valence-corrected chi connectivity index (χ0v) is 10.8. The minimum absolute atomic E-state index is 0.772. The number of hydrogen-bond acceptors (Lipinski definition) is 4. The van der Waals surface area contributed by atoms with Crippen molar-refractivity contribution in [3.05, 3.63) is 17.6 Å². The molecule has 2 heterocycles. The normalized spacial score (nSPS) is 22.8. The Balaban J connectivity index is 1.52. The van der Waals surface area contributed by atoms with Crippen LogP contribution in [0.1, 0.15) is 36.9 Å². The second-order valence-corrected chi connectivity index (χ2v) is 5.31. The first-order valence-electron chi connectivity index (χ1n) is 7.10. The molecule has 18 heavy (non-hydrogen) atoms. The Kier molecular flexibility index (Phi) is 3.74. The van der Waals surface area contributed by atoms with Gasteiger partial charge in [-0.2, -0.15) is 0 Å². The number of piperidine rings is 1. The number of aromatic nitrogens is 2. The minimum Gasteiger partial charge on any atom is -0.477 e. The van der Waals surface area contributed by atoms with Gasteiger partial charge in [0.25, 0.3) is 0 Å². The van der Waals surface area contributed by atoms with E-state index in [-0.39, 0.29) is 0 Å². The minimum atomic E-state index is 0.772. The van der Waals surface area contributed by atoms with Crippen molar-refractivity contribution in [3.63, 3.8) is 0 Å². The highest BCUT2D eigenvalue weighted by Crippen LogP contribution is 2.27. The molecule has 1 N–H and O–H groups in total. The van der Waals surface area contributed by atoms with Crippen molar-refractivity contribution in [2.75, 3.05) is 19.7 Å². The van der Waals surface area contributed by atoms with Crippen LogP contribution < -0.4 is 10.1 Å². The summed E-state index contributed by atoms with van der Waals surface area (Å²) in [6.45, 7) is 3.11. The molecule has 2 aliphatic rings. The Morgan fingerprint density at radius 1 is 1.28 bits per heavy atom. The fraction of sp³-hybridized carbons (Fsp3) is 0.714. The molecule has 1 unspecified atom stereocenters. The standard InChI is InChI=1S/C14H21N3O/c1-4-12-13(5-1)16-10-17-14(12)18-8-6-11-3-2-7-15-9-11/h10-11,15H,1-9H2. The number of fused-ring (bicyclic) bond motifs is 1. The lowest BCUT2D eigenvalue weighted by Crippen LogP contribution is -2.30. The first-order chi connectivity index (χ1) is 8.93. The van der Waals surface area contributed by atoms with E-state index in [0.717, 1.165) is 44.2 Å². The van der Waals surface area contributed by atoms with Crippen LogP contribution in [0.25, 0.3) is 0 Å². The molecule has 0 aromatic carbocycles. The molecule has 0 spiro atoms. The van der Waals surface area contributed by atoms with Gasteiger partial charge in [-0.05, 0) is 57.5 Å².